The van der Waals surface area contributed by atoms with Crippen LogP contribution in [0.3, 0.4) is 0 Å². The van der Waals surface area contributed by atoms with Gasteiger partial charge in [0, 0.05) is 5.56 Å². The molecule has 6 nitrogen and oxygen atoms in total. The van der Waals surface area contributed by atoms with Crippen molar-refractivity contribution in [2.45, 2.75) is 33.8 Å². The molecule has 0 atom stereocenters. The molecule has 0 spiro atoms. The topological polar surface area (TPSA) is 76.7 Å². The van der Waals surface area contributed by atoms with Crippen LogP contribution < -0.4 is 20.3 Å². The standard InChI is InChI=1S/C20H24N2O4/c1-13(2)26-17-10-6-9-16(11-17)20(24)22-21-18(23)12-25-19-14(3)7-5-8-15(19)4/h5-11,13H,12H2,1-4H3,(H,21,23)(H,22,24). The second-order valence-corrected chi connectivity index (χ2v) is 6.21. The summed E-state index contributed by atoms with van der Waals surface area (Å²) in [5, 5.41) is 0. The summed E-state index contributed by atoms with van der Waals surface area (Å²) in [4.78, 5) is 24.1. The Kier molecular flexibility index (Phi) is 6.60. The minimum absolute atomic E-state index is 0.00932. The van der Waals surface area contributed by atoms with Crippen molar-refractivity contribution in [2.24, 2.45) is 0 Å². The predicted molar refractivity (Wildman–Crippen MR) is 99.2 cm³/mol. The molecule has 0 radical (unpaired) electrons. The molecule has 2 amide bonds. The monoisotopic (exact) mass is 356 g/mol. The van der Waals surface area contributed by atoms with Gasteiger partial charge in [-0.2, -0.15) is 0 Å². The van der Waals surface area contributed by atoms with Crippen LogP contribution in [0.1, 0.15) is 35.3 Å². The fourth-order valence-electron chi connectivity index (χ4n) is 2.38. The number of hydrogen-bond acceptors (Lipinski definition) is 4. The zero-order valence-electron chi connectivity index (χ0n) is 15.5. The summed E-state index contributed by atoms with van der Waals surface area (Å²) in [5.74, 6) is 0.389. The summed E-state index contributed by atoms with van der Waals surface area (Å²) in [7, 11) is 0. The average molecular weight is 356 g/mol. The largest absolute Gasteiger partial charge is 0.491 e. The van der Waals surface area contributed by atoms with Crippen molar-refractivity contribution in [1.29, 1.82) is 0 Å². The maximum atomic E-state index is 12.1. The normalized spacial score (nSPS) is 10.3. The van der Waals surface area contributed by atoms with Gasteiger partial charge < -0.3 is 9.47 Å². The molecule has 26 heavy (non-hydrogen) atoms. The average Bonchev–Trinajstić information content (AvgIpc) is 2.59. The van der Waals surface area contributed by atoms with Crippen LogP contribution in [-0.4, -0.2) is 24.5 Å². The number of para-hydroxylation sites is 1. The number of amides is 2. The minimum atomic E-state index is -0.449. The molecule has 6 heteroatoms. The first kappa shape index (κ1) is 19.3. The molecule has 138 valence electrons. The second kappa shape index (κ2) is 8.89. The van der Waals surface area contributed by atoms with Gasteiger partial charge in [-0.1, -0.05) is 24.3 Å². The van der Waals surface area contributed by atoms with Crippen LogP contribution in [0.25, 0.3) is 0 Å². The number of ether oxygens (including phenoxy) is 2. The van der Waals surface area contributed by atoms with Crippen LogP contribution in [0.2, 0.25) is 0 Å². The quantitative estimate of drug-likeness (QED) is 0.780. The summed E-state index contributed by atoms with van der Waals surface area (Å²) in [6.07, 6.45) is 0.00932. The van der Waals surface area contributed by atoms with Crippen molar-refractivity contribution in [2.75, 3.05) is 6.61 Å². The third-order valence-corrected chi connectivity index (χ3v) is 3.54. The highest BCUT2D eigenvalue weighted by atomic mass is 16.5. The molecule has 2 N–H and O–H groups in total. The number of nitrogens with one attached hydrogen (secondary N) is 2. The van der Waals surface area contributed by atoms with E-state index in [0.29, 0.717) is 17.1 Å². The molecular formula is C20H24N2O4. The lowest BCUT2D eigenvalue weighted by molar-refractivity contribution is -0.123. The highest BCUT2D eigenvalue weighted by molar-refractivity contribution is 5.95. The number of aryl methyl sites for hydroxylation is 2. The molecule has 0 aliphatic carbocycles. The molecule has 0 aliphatic rings. The van der Waals surface area contributed by atoms with Crippen molar-refractivity contribution in [3.63, 3.8) is 0 Å². The Morgan fingerprint density at radius 1 is 1.00 bits per heavy atom. The van der Waals surface area contributed by atoms with Gasteiger partial charge in [-0.15, -0.1) is 0 Å². The Bertz CT molecular complexity index is 767. The highest BCUT2D eigenvalue weighted by Gasteiger charge is 2.11. The molecule has 0 aliphatic heterocycles. The molecule has 2 aromatic carbocycles. The zero-order chi connectivity index (χ0) is 19.1. The lowest BCUT2D eigenvalue weighted by Crippen LogP contribution is -2.43. The van der Waals surface area contributed by atoms with E-state index in [-0.39, 0.29) is 12.7 Å². The molecule has 2 aromatic rings. The van der Waals surface area contributed by atoms with E-state index in [1.165, 1.54) is 0 Å². The molecule has 0 unspecified atom stereocenters. The van der Waals surface area contributed by atoms with Crippen LogP contribution in [0.4, 0.5) is 0 Å². The van der Waals surface area contributed by atoms with Gasteiger partial charge in [0.05, 0.1) is 6.10 Å². The Balaban J connectivity index is 1.86. The van der Waals surface area contributed by atoms with Crippen molar-refractivity contribution in [3.8, 4) is 11.5 Å². The molecule has 0 saturated heterocycles. The van der Waals surface area contributed by atoms with Gasteiger partial charge in [0.1, 0.15) is 11.5 Å². The maximum absolute atomic E-state index is 12.1. The summed E-state index contributed by atoms with van der Waals surface area (Å²) < 4.78 is 11.1. The van der Waals surface area contributed by atoms with Crippen LogP contribution in [0.15, 0.2) is 42.5 Å². The third-order valence-electron chi connectivity index (χ3n) is 3.54. The van der Waals surface area contributed by atoms with E-state index < -0.39 is 11.8 Å². The molecule has 2 rings (SSSR count). The lowest BCUT2D eigenvalue weighted by atomic mass is 10.1. The smallest absolute Gasteiger partial charge is 0.276 e. The van der Waals surface area contributed by atoms with Gasteiger partial charge in [0.25, 0.3) is 11.8 Å². The van der Waals surface area contributed by atoms with E-state index in [4.69, 9.17) is 9.47 Å². The number of rotatable bonds is 6. The van der Waals surface area contributed by atoms with Gasteiger partial charge in [-0.25, -0.2) is 0 Å². The Hall–Kier alpha value is -3.02. The number of carbonyl (C=O) groups is 2. The molecule has 0 aromatic heterocycles. The summed E-state index contributed by atoms with van der Waals surface area (Å²) >= 11 is 0. The molecule has 0 saturated carbocycles. The number of hydrogen-bond donors (Lipinski definition) is 2. The Labute approximate surface area is 153 Å². The molecule has 0 heterocycles. The summed E-state index contributed by atoms with van der Waals surface area (Å²) in [5.41, 5.74) is 7.00. The van der Waals surface area contributed by atoms with E-state index in [2.05, 4.69) is 10.9 Å². The Morgan fingerprint density at radius 3 is 2.31 bits per heavy atom. The molecule has 0 fully saturated rings. The van der Waals surface area contributed by atoms with Crippen LogP contribution in [0.5, 0.6) is 11.5 Å². The lowest BCUT2D eigenvalue weighted by Gasteiger charge is -2.13. The number of benzene rings is 2. The van der Waals surface area contributed by atoms with Gasteiger partial charge in [0.2, 0.25) is 0 Å². The summed E-state index contributed by atoms with van der Waals surface area (Å²) in [6.45, 7) is 7.44. The van der Waals surface area contributed by atoms with Gasteiger partial charge in [0.15, 0.2) is 6.61 Å². The fraction of sp³-hybridized carbons (Fsp3) is 0.300. The second-order valence-electron chi connectivity index (χ2n) is 6.21. The SMILES string of the molecule is Cc1cccc(C)c1OCC(=O)NNC(=O)c1cccc(OC(C)C)c1. The van der Waals surface area contributed by atoms with E-state index in [1.54, 1.807) is 24.3 Å². The van der Waals surface area contributed by atoms with Gasteiger partial charge in [-0.3, -0.25) is 20.4 Å². The first-order valence-corrected chi connectivity index (χ1v) is 8.41. The van der Waals surface area contributed by atoms with Crippen LogP contribution in [0, 0.1) is 13.8 Å². The zero-order valence-corrected chi connectivity index (χ0v) is 15.5. The van der Waals surface area contributed by atoms with E-state index in [9.17, 15) is 9.59 Å². The van der Waals surface area contributed by atoms with Crippen molar-refractivity contribution < 1.29 is 19.1 Å². The van der Waals surface area contributed by atoms with Crippen molar-refractivity contribution in [1.82, 2.24) is 10.9 Å². The Morgan fingerprint density at radius 2 is 1.65 bits per heavy atom. The molecule has 0 bridgehead atoms. The third kappa shape index (κ3) is 5.51. The number of hydrazine groups is 1. The van der Waals surface area contributed by atoms with Crippen LogP contribution in [-0.2, 0) is 4.79 Å². The van der Waals surface area contributed by atoms with Gasteiger partial charge >= 0.3 is 0 Å². The summed E-state index contributed by atoms with van der Waals surface area (Å²) in [6, 6.07) is 12.5. The predicted octanol–water partition coefficient (Wildman–Crippen LogP) is 2.93. The molecular weight excluding hydrogens is 332 g/mol. The fourth-order valence-corrected chi connectivity index (χ4v) is 2.38. The van der Waals surface area contributed by atoms with E-state index >= 15 is 0 Å². The number of carbonyl (C=O) groups excluding carboxylic acids is 2. The first-order chi connectivity index (χ1) is 12.4. The van der Waals surface area contributed by atoms with E-state index in [0.717, 1.165) is 11.1 Å². The van der Waals surface area contributed by atoms with Crippen molar-refractivity contribution >= 4 is 11.8 Å². The van der Waals surface area contributed by atoms with Gasteiger partial charge in [-0.05, 0) is 57.0 Å². The first-order valence-electron chi connectivity index (χ1n) is 8.41. The highest BCUT2D eigenvalue weighted by Crippen LogP contribution is 2.22. The van der Waals surface area contributed by atoms with E-state index in [1.807, 2.05) is 45.9 Å². The van der Waals surface area contributed by atoms with Crippen molar-refractivity contribution in [3.05, 3.63) is 59.2 Å². The van der Waals surface area contributed by atoms with Crippen LogP contribution >= 0.6 is 0 Å². The minimum Gasteiger partial charge on any atom is -0.491 e. The maximum Gasteiger partial charge on any atom is 0.276 e.